The van der Waals surface area contributed by atoms with Crippen LogP contribution < -0.4 is 20.1 Å². The number of benzene rings is 1. The van der Waals surface area contributed by atoms with Gasteiger partial charge in [0.2, 0.25) is 6.79 Å². The standard InChI is InChI=1S/C20H23N3O7/c1-12-4-2-3-7-20(12)18(26)23(19(27)22-20)9-17(25)28-10-16(24)21-13-5-6-14-15(8-13)30-11-29-14/h5-6,8,12H,2-4,7,9-11H2,1H3,(H,21,24)(H,22,27)/t12-,20-/m0/s1. The minimum Gasteiger partial charge on any atom is -0.454 e. The molecular formula is C20H23N3O7. The molecule has 3 aliphatic rings. The summed E-state index contributed by atoms with van der Waals surface area (Å²) < 4.78 is 15.4. The summed E-state index contributed by atoms with van der Waals surface area (Å²) in [5.74, 6) is -0.707. The Morgan fingerprint density at radius 2 is 2.07 bits per heavy atom. The Labute approximate surface area is 172 Å². The van der Waals surface area contributed by atoms with Crippen LogP contribution in [0.1, 0.15) is 32.6 Å². The zero-order valence-electron chi connectivity index (χ0n) is 16.6. The van der Waals surface area contributed by atoms with Crippen molar-refractivity contribution >= 4 is 29.5 Å². The zero-order chi connectivity index (χ0) is 21.3. The van der Waals surface area contributed by atoms with E-state index in [0.717, 1.165) is 24.2 Å². The highest BCUT2D eigenvalue weighted by atomic mass is 16.7. The second kappa shape index (κ2) is 7.85. The molecule has 30 heavy (non-hydrogen) atoms. The molecule has 2 atom stereocenters. The molecule has 0 unspecified atom stereocenters. The second-order valence-electron chi connectivity index (χ2n) is 7.72. The van der Waals surface area contributed by atoms with Crippen LogP contribution in [0.25, 0.3) is 0 Å². The van der Waals surface area contributed by atoms with Crippen molar-refractivity contribution in [3.05, 3.63) is 18.2 Å². The Kier molecular flexibility index (Phi) is 5.23. The van der Waals surface area contributed by atoms with Gasteiger partial charge in [0.15, 0.2) is 18.1 Å². The van der Waals surface area contributed by atoms with E-state index in [0.29, 0.717) is 23.6 Å². The Morgan fingerprint density at radius 3 is 2.87 bits per heavy atom. The number of hydrogen-bond acceptors (Lipinski definition) is 7. The Balaban J connectivity index is 1.29. The molecule has 2 aliphatic heterocycles. The molecule has 2 fully saturated rings. The van der Waals surface area contributed by atoms with E-state index in [-0.39, 0.29) is 12.7 Å². The number of fused-ring (bicyclic) bond motifs is 1. The van der Waals surface area contributed by atoms with Crippen molar-refractivity contribution in [2.75, 3.05) is 25.3 Å². The minimum absolute atomic E-state index is 0.00352. The molecule has 2 N–H and O–H groups in total. The smallest absolute Gasteiger partial charge is 0.326 e. The number of amides is 4. The van der Waals surface area contributed by atoms with Gasteiger partial charge in [-0.15, -0.1) is 0 Å². The van der Waals surface area contributed by atoms with Crippen molar-refractivity contribution in [2.45, 2.75) is 38.1 Å². The van der Waals surface area contributed by atoms with Gasteiger partial charge in [-0.1, -0.05) is 19.8 Å². The van der Waals surface area contributed by atoms with Crippen LogP contribution >= 0.6 is 0 Å². The maximum Gasteiger partial charge on any atom is 0.326 e. The van der Waals surface area contributed by atoms with Crippen molar-refractivity contribution in [2.24, 2.45) is 5.92 Å². The van der Waals surface area contributed by atoms with E-state index in [1.165, 1.54) is 0 Å². The number of carbonyl (C=O) groups excluding carboxylic acids is 4. The van der Waals surface area contributed by atoms with Gasteiger partial charge in [-0.3, -0.25) is 19.3 Å². The highest BCUT2D eigenvalue weighted by Gasteiger charge is 2.55. The first-order valence-electron chi connectivity index (χ1n) is 9.88. The number of hydrogen-bond donors (Lipinski definition) is 2. The quantitative estimate of drug-likeness (QED) is 0.548. The lowest BCUT2D eigenvalue weighted by molar-refractivity contribution is -0.150. The lowest BCUT2D eigenvalue weighted by Crippen LogP contribution is -2.54. The summed E-state index contributed by atoms with van der Waals surface area (Å²) in [5, 5.41) is 5.35. The molecule has 1 aromatic carbocycles. The first-order valence-corrected chi connectivity index (χ1v) is 9.88. The largest absolute Gasteiger partial charge is 0.454 e. The maximum atomic E-state index is 12.8. The van der Waals surface area contributed by atoms with Crippen molar-refractivity contribution < 1.29 is 33.4 Å². The summed E-state index contributed by atoms with van der Waals surface area (Å²) in [6, 6.07) is 4.28. The zero-order valence-corrected chi connectivity index (χ0v) is 16.6. The van der Waals surface area contributed by atoms with E-state index in [4.69, 9.17) is 14.2 Å². The van der Waals surface area contributed by atoms with Gasteiger partial charge in [0.05, 0.1) is 0 Å². The fourth-order valence-corrected chi connectivity index (χ4v) is 4.13. The lowest BCUT2D eigenvalue weighted by atomic mass is 9.73. The molecule has 1 aliphatic carbocycles. The normalized spacial score (nSPS) is 24.7. The summed E-state index contributed by atoms with van der Waals surface area (Å²) in [6.07, 6.45) is 3.24. The highest BCUT2D eigenvalue weighted by Crippen LogP contribution is 2.38. The number of nitrogens with one attached hydrogen (secondary N) is 2. The van der Waals surface area contributed by atoms with Crippen molar-refractivity contribution in [1.82, 2.24) is 10.2 Å². The van der Waals surface area contributed by atoms with E-state index in [1.807, 2.05) is 6.92 Å². The fourth-order valence-electron chi connectivity index (χ4n) is 4.13. The van der Waals surface area contributed by atoms with Crippen molar-refractivity contribution in [1.29, 1.82) is 0 Å². The van der Waals surface area contributed by atoms with E-state index in [2.05, 4.69) is 10.6 Å². The molecule has 10 heteroatoms. The Morgan fingerprint density at radius 1 is 1.27 bits per heavy atom. The van der Waals surface area contributed by atoms with E-state index < -0.39 is 42.5 Å². The number of carbonyl (C=O) groups is 4. The predicted octanol–water partition coefficient (Wildman–Crippen LogP) is 1.40. The van der Waals surface area contributed by atoms with Gasteiger partial charge >= 0.3 is 12.0 Å². The van der Waals surface area contributed by atoms with Gasteiger partial charge in [-0.25, -0.2) is 4.79 Å². The molecule has 0 aromatic heterocycles. The van der Waals surface area contributed by atoms with Crippen LogP contribution in [0.3, 0.4) is 0 Å². The highest BCUT2D eigenvalue weighted by molar-refractivity contribution is 6.09. The SMILES string of the molecule is C[C@H]1CCCC[C@]12NC(=O)N(CC(=O)OCC(=O)Nc1ccc3c(c1)OCO3)C2=O. The monoisotopic (exact) mass is 417 g/mol. The van der Waals surface area contributed by atoms with Gasteiger partial charge in [0, 0.05) is 11.8 Å². The number of urea groups is 1. The van der Waals surface area contributed by atoms with Crippen molar-refractivity contribution in [3.8, 4) is 11.5 Å². The second-order valence-corrected chi connectivity index (χ2v) is 7.72. The summed E-state index contributed by atoms with van der Waals surface area (Å²) in [7, 11) is 0. The average Bonchev–Trinajstić information content (AvgIpc) is 3.27. The van der Waals surface area contributed by atoms with Crippen LogP contribution in [-0.2, 0) is 19.1 Å². The summed E-state index contributed by atoms with van der Waals surface area (Å²) >= 11 is 0. The number of ether oxygens (including phenoxy) is 3. The van der Waals surface area contributed by atoms with Gasteiger partial charge in [-0.05, 0) is 30.9 Å². The van der Waals surface area contributed by atoms with E-state index >= 15 is 0 Å². The molecule has 1 aromatic rings. The van der Waals surface area contributed by atoms with Crippen LogP contribution in [0, 0.1) is 5.92 Å². The third-order valence-corrected chi connectivity index (χ3v) is 5.81. The molecule has 1 spiro atoms. The Hall–Kier alpha value is -3.30. The van der Waals surface area contributed by atoms with Crippen LogP contribution in [0.5, 0.6) is 11.5 Å². The minimum atomic E-state index is -0.938. The van der Waals surface area contributed by atoms with Gasteiger partial charge in [0.25, 0.3) is 11.8 Å². The predicted molar refractivity (Wildman–Crippen MR) is 103 cm³/mol. The maximum absolute atomic E-state index is 12.8. The number of esters is 1. The molecule has 2 heterocycles. The first-order chi connectivity index (χ1) is 14.4. The third kappa shape index (κ3) is 3.64. The molecule has 4 amide bonds. The van der Waals surface area contributed by atoms with Gasteiger partial charge in [-0.2, -0.15) is 0 Å². The molecule has 0 bridgehead atoms. The summed E-state index contributed by atoms with van der Waals surface area (Å²) in [5.41, 5.74) is -0.477. The van der Waals surface area contributed by atoms with Gasteiger partial charge < -0.3 is 24.8 Å². The fraction of sp³-hybridized carbons (Fsp3) is 0.500. The topological polar surface area (TPSA) is 123 Å². The van der Waals surface area contributed by atoms with E-state index in [1.54, 1.807) is 18.2 Å². The number of imide groups is 1. The molecule has 160 valence electrons. The third-order valence-electron chi connectivity index (χ3n) is 5.81. The number of anilines is 1. The number of nitrogens with zero attached hydrogens (tertiary/aromatic N) is 1. The van der Waals surface area contributed by atoms with Crippen LogP contribution in [-0.4, -0.2) is 54.2 Å². The van der Waals surface area contributed by atoms with Gasteiger partial charge in [0.1, 0.15) is 12.1 Å². The molecule has 10 nitrogen and oxygen atoms in total. The molecule has 1 saturated carbocycles. The summed E-state index contributed by atoms with van der Waals surface area (Å²) in [6.45, 7) is 0.974. The lowest BCUT2D eigenvalue weighted by Gasteiger charge is -2.36. The molecule has 0 radical (unpaired) electrons. The van der Waals surface area contributed by atoms with Crippen LogP contribution in [0.2, 0.25) is 0 Å². The van der Waals surface area contributed by atoms with Crippen molar-refractivity contribution in [3.63, 3.8) is 0 Å². The molecular weight excluding hydrogens is 394 g/mol. The Bertz CT molecular complexity index is 902. The molecule has 1 saturated heterocycles. The van der Waals surface area contributed by atoms with Crippen LogP contribution in [0.15, 0.2) is 18.2 Å². The van der Waals surface area contributed by atoms with E-state index in [9.17, 15) is 19.2 Å². The first kappa shape index (κ1) is 20.0. The average molecular weight is 417 g/mol. The molecule has 4 rings (SSSR count). The summed E-state index contributed by atoms with van der Waals surface area (Å²) in [4.78, 5) is 50.2. The van der Waals surface area contributed by atoms with Crippen LogP contribution in [0.4, 0.5) is 10.5 Å². The number of rotatable bonds is 5.